The van der Waals surface area contributed by atoms with Crippen molar-refractivity contribution in [3.63, 3.8) is 0 Å². The van der Waals surface area contributed by atoms with Gasteiger partial charge in [0.25, 0.3) is 5.91 Å². The van der Waals surface area contributed by atoms with Gasteiger partial charge in [-0.1, -0.05) is 11.6 Å². The summed E-state index contributed by atoms with van der Waals surface area (Å²) in [6, 6.07) is 0.274. The highest BCUT2D eigenvalue weighted by Crippen LogP contribution is 2.17. The molecule has 0 aliphatic carbocycles. The minimum atomic E-state index is -0.982. The van der Waals surface area contributed by atoms with E-state index in [1.807, 2.05) is 0 Å². The van der Waals surface area contributed by atoms with E-state index in [9.17, 15) is 14.0 Å². The Morgan fingerprint density at radius 1 is 1.55 bits per heavy atom. The number of nitrogens with one attached hydrogen (secondary N) is 1. The van der Waals surface area contributed by atoms with Crippen LogP contribution in [0.5, 0.6) is 5.75 Å². The summed E-state index contributed by atoms with van der Waals surface area (Å²) in [7, 11) is 0. The molecule has 0 spiro atoms. The number of amides is 1. The van der Waals surface area contributed by atoms with E-state index in [0.717, 1.165) is 18.9 Å². The van der Waals surface area contributed by atoms with Crippen LogP contribution in [0.2, 0.25) is 5.15 Å². The minimum Gasteiger partial charge on any atom is -0.482 e. The summed E-state index contributed by atoms with van der Waals surface area (Å²) in [5, 5.41) is 10.2. The van der Waals surface area contributed by atoms with Crippen LogP contribution in [0.3, 0.4) is 0 Å². The lowest BCUT2D eigenvalue weighted by atomic mass is 10.0. The summed E-state index contributed by atoms with van der Waals surface area (Å²) in [5.74, 6) is -2.19. The molecule has 0 radical (unpaired) electrons. The first-order valence-electron chi connectivity index (χ1n) is 6.70. The van der Waals surface area contributed by atoms with Crippen LogP contribution >= 0.6 is 11.6 Å². The molecule has 1 unspecified atom stereocenters. The van der Waals surface area contributed by atoms with E-state index in [0.29, 0.717) is 13.0 Å². The van der Waals surface area contributed by atoms with Crippen LogP contribution in [0.15, 0.2) is 12.3 Å². The second-order valence-electron chi connectivity index (χ2n) is 4.81. The highest BCUT2D eigenvalue weighted by atomic mass is 35.5. The molecule has 0 bridgehead atoms. The van der Waals surface area contributed by atoms with E-state index >= 15 is 0 Å². The summed E-state index contributed by atoms with van der Waals surface area (Å²) in [4.78, 5) is 26.5. The average Bonchev–Trinajstić information content (AvgIpc) is 2.49. The number of carboxylic acid groups (broad SMARTS) is 1. The molecule has 120 valence electrons. The number of aromatic nitrogens is 1. The summed E-state index contributed by atoms with van der Waals surface area (Å²) >= 11 is 5.43. The van der Waals surface area contributed by atoms with Crippen LogP contribution < -0.4 is 10.2 Å². The maximum atomic E-state index is 13.2. The van der Waals surface area contributed by atoms with Gasteiger partial charge in [-0.05, 0) is 19.3 Å². The Kier molecular flexibility index (Phi) is 5.51. The molecule has 1 saturated heterocycles. The van der Waals surface area contributed by atoms with Crippen molar-refractivity contribution in [1.82, 2.24) is 15.4 Å². The van der Waals surface area contributed by atoms with Crippen molar-refractivity contribution in [3.8, 4) is 5.75 Å². The van der Waals surface area contributed by atoms with Crippen molar-refractivity contribution in [2.75, 3.05) is 13.2 Å². The van der Waals surface area contributed by atoms with E-state index in [-0.39, 0.29) is 17.5 Å². The number of pyridine rings is 1. The molecule has 9 heteroatoms. The maximum absolute atomic E-state index is 13.2. The zero-order chi connectivity index (χ0) is 16.1. The van der Waals surface area contributed by atoms with Crippen LogP contribution in [-0.4, -0.2) is 46.2 Å². The highest BCUT2D eigenvalue weighted by molar-refractivity contribution is 6.29. The molecule has 0 saturated carbocycles. The number of piperidine rings is 1. The fourth-order valence-corrected chi connectivity index (χ4v) is 2.25. The van der Waals surface area contributed by atoms with Gasteiger partial charge < -0.3 is 9.84 Å². The zero-order valence-corrected chi connectivity index (χ0v) is 12.3. The largest absolute Gasteiger partial charge is 0.482 e. The molecule has 7 nitrogen and oxygen atoms in total. The smallest absolute Gasteiger partial charge is 0.322 e. The monoisotopic (exact) mass is 331 g/mol. The van der Waals surface area contributed by atoms with Gasteiger partial charge in [0, 0.05) is 12.6 Å². The minimum absolute atomic E-state index is 0.0606. The molecule has 1 fully saturated rings. The van der Waals surface area contributed by atoms with Crippen LogP contribution in [0, 0.1) is 5.82 Å². The third-order valence-corrected chi connectivity index (χ3v) is 3.48. The molecule has 2 rings (SSSR count). The lowest BCUT2D eigenvalue weighted by molar-refractivity contribution is -0.148. The molecular weight excluding hydrogens is 317 g/mol. The topological polar surface area (TPSA) is 91.8 Å². The number of hydrogen-bond acceptors (Lipinski definition) is 5. The van der Waals surface area contributed by atoms with Gasteiger partial charge in [0.1, 0.15) is 11.8 Å². The fraction of sp³-hybridized carbons (Fsp3) is 0.462. The number of rotatable bonds is 5. The number of aliphatic carboxylic acids is 1. The Hall–Kier alpha value is -1.93. The Morgan fingerprint density at radius 3 is 3.00 bits per heavy atom. The van der Waals surface area contributed by atoms with Crippen molar-refractivity contribution < 1.29 is 23.8 Å². The van der Waals surface area contributed by atoms with Gasteiger partial charge in [0.2, 0.25) is 0 Å². The lowest BCUT2D eigenvalue weighted by Gasteiger charge is -2.32. The molecule has 1 aliphatic rings. The van der Waals surface area contributed by atoms with Crippen LogP contribution in [0.25, 0.3) is 0 Å². The van der Waals surface area contributed by atoms with Crippen molar-refractivity contribution in [3.05, 3.63) is 23.2 Å². The predicted molar refractivity (Wildman–Crippen MR) is 74.8 cm³/mol. The number of halogens is 2. The SMILES string of the molecule is O=C(COc1cnc(Cl)c(F)c1)NN1CCCCC1C(=O)O. The first kappa shape index (κ1) is 16.4. The Morgan fingerprint density at radius 2 is 2.32 bits per heavy atom. The zero-order valence-electron chi connectivity index (χ0n) is 11.6. The number of nitrogens with zero attached hydrogens (tertiary/aromatic N) is 2. The normalized spacial score (nSPS) is 18.7. The van der Waals surface area contributed by atoms with E-state index in [1.54, 1.807) is 0 Å². The molecule has 1 atom stereocenters. The summed E-state index contributed by atoms with van der Waals surface area (Å²) < 4.78 is 18.3. The maximum Gasteiger partial charge on any atom is 0.322 e. The Balaban J connectivity index is 1.86. The van der Waals surface area contributed by atoms with Crippen LogP contribution in [0.4, 0.5) is 4.39 Å². The van der Waals surface area contributed by atoms with Crippen molar-refractivity contribution in [2.24, 2.45) is 0 Å². The molecular formula is C13H15ClFN3O4. The van der Waals surface area contributed by atoms with E-state index in [2.05, 4.69) is 10.4 Å². The standard InChI is InChI=1S/C13H15ClFN3O4/c14-12-9(15)5-8(6-16-12)22-7-11(19)17-18-4-2-1-3-10(18)13(20)21/h5-6,10H,1-4,7H2,(H,17,19)(H,20,21). The Labute approximate surface area is 131 Å². The molecule has 1 aromatic heterocycles. The van der Waals surface area contributed by atoms with E-state index in [4.69, 9.17) is 21.4 Å². The lowest BCUT2D eigenvalue weighted by Crippen LogP contribution is -2.54. The van der Waals surface area contributed by atoms with Gasteiger partial charge in [-0.15, -0.1) is 0 Å². The molecule has 1 amide bonds. The summed E-state index contributed by atoms with van der Waals surface area (Å²) in [6.07, 6.45) is 3.27. The highest BCUT2D eigenvalue weighted by Gasteiger charge is 2.29. The molecule has 22 heavy (non-hydrogen) atoms. The fourth-order valence-electron chi connectivity index (χ4n) is 2.15. The molecule has 2 N–H and O–H groups in total. The predicted octanol–water partition coefficient (Wildman–Crippen LogP) is 1.22. The van der Waals surface area contributed by atoms with E-state index in [1.165, 1.54) is 11.2 Å². The molecule has 2 heterocycles. The van der Waals surface area contributed by atoms with Crippen molar-refractivity contribution >= 4 is 23.5 Å². The quantitative estimate of drug-likeness (QED) is 0.788. The third-order valence-electron chi connectivity index (χ3n) is 3.20. The number of carbonyl (C=O) groups is 2. The van der Waals surface area contributed by atoms with Gasteiger partial charge in [0.15, 0.2) is 17.6 Å². The average molecular weight is 332 g/mol. The first-order valence-corrected chi connectivity index (χ1v) is 7.08. The second kappa shape index (κ2) is 7.37. The number of ether oxygens (including phenoxy) is 1. The van der Waals surface area contributed by atoms with Gasteiger partial charge in [0.05, 0.1) is 6.20 Å². The number of hydrazine groups is 1. The molecule has 0 aromatic carbocycles. The molecule has 1 aliphatic heterocycles. The summed E-state index contributed by atoms with van der Waals surface area (Å²) in [6.45, 7) is 0.0748. The van der Waals surface area contributed by atoms with Crippen molar-refractivity contribution in [1.29, 1.82) is 0 Å². The van der Waals surface area contributed by atoms with Gasteiger partial charge in [-0.3, -0.25) is 15.0 Å². The van der Waals surface area contributed by atoms with Crippen LogP contribution in [0.1, 0.15) is 19.3 Å². The van der Waals surface area contributed by atoms with E-state index < -0.39 is 23.7 Å². The van der Waals surface area contributed by atoms with Crippen LogP contribution in [-0.2, 0) is 9.59 Å². The third kappa shape index (κ3) is 4.28. The molecule has 1 aromatic rings. The first-order chi connectivity index (χ1) is 10.5. The van der Waals surface area contributed by atoms with Gasteiger partial charge in [-0.2, -0.15) is 0 Å². The Bertz CT molecular complexity index is 572. The summed E-state index contributed by atoms with van der Waals surface area (Å²) in [5.41, 5.74) is 2.49. The van der Waals surface area contributed by atoms with Gasteiger partial charge in [-0.25, -0.2) is 14.4 Å². The number of carbonyl (C=O) groups excluding carboxylic acids is 1. The number of carboxylic acids is 1. The number of hydrogen-bond donors (Lipinski definition) is 2. The van der Waals surface area contributed by atoms with Gasteiger partial charge >= 0.3 is 5.97 Å². The van der Waals surface area contributed by atoms with Crippen molar-refractivity contribution in [2.45, 2.75) is 25.3 Å². The second-order valence-corrected chi connectivity index (χ2v) is 5.17.